The number of carbonyl (C=O) groups is 1. The van der Waals surface area contributed by atoms with Crippen LogP contribution in [0.1, 0.15) is 31.2 Å². The molecule has 6 heteroatoms. The number of hydrogen-bond donors (Lipinski definition) is 1. The second-order valence-electron chi connectivity index (χ2n) is 7.22. The van der Waals surface area contributed by atoms with Crippen molar-refractivity contribution in [2.24, 2.45) is 0 Å². The third-order valence-corrected chi connectivity index (χ3v) is 4.99. The van der Waals surface area contributed by atoms with Gasteiger partial charge in [0.1, 0.15) is 0 Å². The molecule has 1 N–H and O–H groups in total. The summed E-state index contributed by atoms with van der Waals surface area (Å²) in [5, 5.41) is 2.95. The first-order valence-electron chi connectivity index (χ1n) is 8.81. The molecule has 0 aliphatic carbocycles. The van der Waals surface area contributed by atoms with Gasteiger partial charge in [-0.15, -0.1) is 0 Å². The van der Waals surface area contributed by atoms with Gasteiger partial charge in [0.05, 0.1) is 11.7 Å². The number of likely N-dealkylation sites (tertiary alicyclic amines) is 1. The van der Waals surface area contributed by atoms with Crippen molar-refractivity contribution in [2.45, 2.75) is 43.9 Å². The smallest absolute Gasteiger partial charge is 0.316 e. The number of amides is 2. The lowest BCUT2D eigenvalue weighted by atomic mass is 9.90. The number of rotatable bonds is 4. The maximum absolute atomic E-state index is 11.7. The highest BCUT2D eigenvalue weighted by Gasteiger charge is 2.42. The van der Waals surface area contributed by atoms with Crippen molar-refractivity contribution in [3.8, 4) is 0 Å². The van der Waals surface area contributed by atoms with Gasteiger partial charge in [0.25, 0.3) is 0 Å². The summed E-state index contributed by atoms with van der Waals surface area (Å²) < 4.78 is 6.44. The number of pyridine rings is 1. The molecule has 2 aliphatic rings. The molecule has 0 aromatic carbocycles. The lowest BCUT2D eigenvalue weighted by molar-refractivity contribution is -0.118. The van der Waals surface area contributed by atoms with Crippen LogP contribution >= 0.6 is 0 Å². The van der Waals surface area contributed by atoms with Gasteiger partial charge in [0.2, 0.25) is 0 Å². The van der Waals surface area contributed by atoms with E-state index in [0.29, 0.717) is 6.54 Å². The summed E-state index contributed by atoms with van der Waals surface area (Å²) >= 11 is 0. The van der Waals surface area contributed by atoms with Crippen LogP contribution < -0.4 is 5.32 Å². The van der Waals surface area contributed by atoms with E-state index in [-0.39, 0.29) is 17.7 Å². The molecule has 2 atom stereocenters. The van der Waals surface area contributed by atoms with Gasteiger partial charge < -0.3 is 15.0 Å². The molecule has 132 valence electrons. The molecule has 6 nitrogen and oxygen atoms in total. The SMILES string of the molecule is CN(C)C(=O)NC[C@@H]1CCC[C@@]2(CCN(Cc3cccnc3)C2)O1. The highest BCUT2D eigenvalue weighted by atomic mass is 16.5. The molecule has 0 unspecified atom stereocenters. The lowest BCUT2D eigenvalue weighted by Gasteiger charge is -2.39. The van der Waals surface area contributed by atoms with Crippen LogP contribution in [0.3, 0.4) is 0 Å². The standard InChI is InChI=1S/C18H28N4O2/c1-21(2)17(23)20-12-16-6-3-7-18(24-16)8-10-22(14-18)13-15-5-4-9-19-11-15/h4-5,9,11,16H,3,6-8,10,12-14H2,1-2H3,(H,20,23)/t16-,18-/m0/s1. The average Bonchev–Trinajstić information content (AvgIpc) is 2.95. The minimum Gasteiger partial charge on any atom is -0.369 e. The second-order valence-corrected chi connectivity index (χ2v) is 7.22. The zero-order valence-corrected chi connectivity index (χ0v) is 14.7. The van der Waals surface area contributed by atoms with Gasteiger partial charge in [0.15, 0.2) is 0 Å². The normalized spacial score (nSPS) is 27.3. The van der Waals surface area contributed by atoms with Crippen LogP contribution in [0.25, 0.3) is 0 Å². The topological polar surface area (TPSA) is 57.7 Å². The Hall–Kier alpha value is -1.66. The summed E-state index contributed by atoms with van der Waals surface area (Å²) in [5.41, 5.74) is 1.22. The Morgan fingerprint density at radius 2 is 2.38 bits per heavy atom. The summed E-state index contributed by atoms with van der Waals surface area (Å²) in [6, 6.07) is 4.06. The van der Waals surface area contributed by atoms with E-state index in [2.05, 4.69) is 21.3 Å². The predicted molar refractivity (Wildman–Crippen MR) is 92.7 cm³/mol. The number of nitrogens with zero attached hydrogens (tertiary/aromatic N) is 3. The summed E-state index contributed by atoms with van der Waals surface area (Å²) in [7, 11) is 3.51. The predicted octanol–water partition coefficient (Wildman–Crippen LogP) is 1.87. The molecule has 3 rings (SSSR count). The lowest BCUT2D eigenvalue weighted by Crippen LogP contribution is -2.48. The van der Waals surface area contributed by atoms with Gasteiger partial charge in [0, 0.05) is 52.7 Å². The quantitative estimate of drug-likeness (QED) is 0.914. The number of hydrogen-bond acceptors (Lipinski definition) is 4. The van der Waals surface area contributed by atoms with E-state index in [1.165, 1.54) is 12.0 Å². The zero-order chi connectivity index (χ0) is 17.0. The molecule has 3 heterocycles. The first-order valence-corrected chi connectivity index (χ1v) is 8.81. The van der Waals surface area contributed by atoms with Gasteiger partial charge in [-0.1, -0.05) is 6.07 Å². The van der Waals surface area contributed by atoms with E-state index in [1.807, 2.05) is 18.5 Å². The van der Waals surface area contributed by atoms with Crippen molar-refractivity contribution in [2.75, 3.05) is 33.7 Å². The number of carbonyl (C=O) groups excluding carboxylic acids is 1. The molecule has 2 aliphatic heterocycles. The average molecular weight is 332 g/mol. The fraction of sp³-hybridized carbons (Fsp3) is 0.667. The summed E-state index contributed by atoms with van der Waals surface area (Å²) in [6.45, 7) is 3.56. The Morgan fingerprint density at radius 3 is 3.12 bits per heavy atom. The largest absolute Gasteiger partial charge is 0.369 e. The molecule has 0 radical (unpaired) electrons. The molecule has 2 saturated heterocycles. The molecular formula is C18H28N4O2. The van der Waals surface area contributed by atoms with Crippen LogP contribution in [-0.2, 0) is 11.3 Å². The van der Waals surface area contributed by atoms with Crippen molar-refractivity contribution in [3.05, 3.63) is 30.1 Å². The summed E-state index contributed by atoms with van der Waals surface area (Å²) in [4.78, 5) is 19.9. The van der Waals surface area contributed by atoms with Crippen molar-refractivity contribution in [3.63, 3.8) is 0 Å². The number of ether oxygens (including phenoxy) is 1. The highest BCUT2D eigenvalue weighted by Crippen LogP contribution is 2.36. The monoisotopic (exact) mass is 332 g/mol. The van der Waals surface area contributed by atoms with Crippen molar-refractivity contribution >= 4 is 6.03 Å². The summed E-state index contributed by atoms with van der Waals surface area (Å²) in [6.07, 6.45) is 8.26. The van der Waals surface area contributed by atoms with Gasteiger partial charge in [-0.05, 0) is 37.3 Å². The minimum atomic E-state index is -0.0529. The van der Waals surface area contributed by atoms with Gasteiger partial charge >= 0.3 is 6.03 Å². The van der Waals surface area contributed by atoms with Crippen molar-refractivity contribution in [1.82, 2.24) is 20.1 Å². The molecule has 1 aromatic heterocycles. The van der Waals surface area contributed by atoms with E-state index in [4.69, 9.17) is 4.74 Å². The van der Waals surface area contributed by atoms with Crippen LogP contribution in [-0.4, -0.2) is 66.2 Å². The van der Waals surface area contributed by atoms with Gasteiger partial charge in [-0.3, -0.25) is 9.88 Å². The van der Waals surface area contributed by atoms with Crippen LogP contribution in [0.15, 0.2) is 24.5 Å². The van der Waals surface area contributed by atoms with Crippen molar-refractivity contribution in [1.29, 1.82) is 0 Å². The number of urea groups is 1. The van der Waals surface area contributed by atoms with Crippen molar-refractivity contribution < 1.29 is 9.53 Å². The molecule has 1 aromatic rings. The van der Waals surface area contributed by atoms with E-state index >= 15 is 0 Å². The Balaban J connectivity index is 1.51. The Kier molecular flexibility index (Phi) is 5.36. The van der Waals surface area contributed by atoms with Crippen LogP contribution in [0.4, 0.5) is 4.79 Å². The van der Waals surface area contributed by atoms with E-state index in [0.717, 1.165) is 38.9 Å². The molecular weight excluding hydrogens is 304 g/mol. The fourth-order valence-electron chi connectivity index (χ4n) is 3.74. The van der Waals surface area contributed by atoms with Crippen LogP contribution in [0, 0.1) is 0 Å². The molecule has 2 fully saturated rings. The van der Waals surface area contributed by atoms with E-state index in [1.54, 1.807) is 19.0 Å². The Bertz CT molecular complexity index is 551. The first-order chi connectivity index (χ1) is 11.6. The minimum absolute atomic E-state index is 0.0338. The zero-order valence-electron chi connectivity index (χ0n) is 14.7. The Morgan fingerprint density at radius 1 is 1.50 bits per heavy atom. The van der Waals surface area contributed by atoms with Crippen LogP contribution in [0.5, 0.6) is 0 Å². The van der Waals surface area contributed by atoms with Gasteiger partial charge in [-0.25, -0.2) is 4.79 Å². The maximum Gasteiger partial charge on any atom is 0.316 e. The highest BCUT2D eigenvalue weighted by molar-refractivity contribution is 5.73. The molecule has 24 heavy (non-hydrogen) atoms. The number of aromatic nitrogens is 1. The Labute approximate surface area is 144 Å². The maximum atomic E-state index is 11.7. The molecule has 1 spiro atoms. The van der Waals surface area contributed by atoms with E-state index < -0.39 is 0 Å². The number of nitrogens with one attached hydrogen (secondary N) is 1. The third-order valence-electron chi connectivity index (χ3n) is 4.99. The van der Waals surface area contributed by atoms with E-state index in [9.17, 15) is 4.79 Å². The van der Waals surface area contributed by atoms with Crippen LogP contribution in [0.2, 0.25) is 0 Å². The summed E-state index contributed by atoms with van der Waals surface area (Å²) in [5.74, 6) is 0. The molecule has 0 saturated carbocycles. The molecule has 2 amide bonds. The fourth-order valence-corrected chi connectivity index (χ4v) is 3.74. The third kappa shape index (κ3) is 4.24. The first kappa shape index (κ1) is 17.2. The van der Waals surface area contributed by atoms with Gasteiger partial charge in [-0.2, -0.15) is 0 Å². The molecule has 0 bridgehead atoms. The second kappa shape index (κ2) is 7.49.